The molecule has 1 N–H and O–H groups in total. The highest BCUT2D eigenvalue weighted by molar-refractivity contribution is 8.04. The summed E-state index contributed by atoms with van der Waals surface area (Å²) in [6.45, 7) is 0. The van der Waals surface area contributed by atoms with E-state index < -0.39 is 0 Å². The molecular weight excluding hydrogens is 342 g/mol. The highest BCUT2D eigenvalue weighted by Gasteiger charge is 2.32. The Balaban J connectivity index is 1.62. The first kappa shape index (κ1) is 15.6. The molecule has 0 spiro atoms. The highest BCUT2D eigenvalue weighted by Crippen LogP contribution is 2.47. The topological polar surface area (TPSA) is 38.3 Å². The summed E-state index contributed by atoms with van der Waals surface area (Å²) in [6.07, 6.45) is 1.37. The Hall–Kier alpha value is -1.91. The molecule has 0 bridgehead atoms. The second kappa shape index (κ2) is 6.19. The van der Waals surface area contributed by atoms with Crippen LogP contribution in [0.4, 0.5) is 5.69 Å². The van der Waals surface area contributed by atoms with Crippen molar-refractivity contribution in [3.8, 4) is 5.75 Å². The lowest BCUT2D eigenvalue weighted by molar-refractivity contribution is -0.115. The Labute approximate surface area is 150 Å². The first-order valence-corrected chi connectivity index (χ1v) is 8.98. The fourth-order valence-corrected chi connectivity index (χ4v) is 4.52. The molecule has 2 aromatic carbocycles. The van der Waals surface area contributed by atoms with Gasteiger partial charge in [0.2, 0.25) is 0 Å². The number of hydrogen-bond donors (Lipinski definition) is 1. The van der Waals surface area contributed by atoms with Crippen LogP contribution in [0.5, 0.6) is 5.75 Å². The highest BCUT2D eigenvalue weighted by atomic mass is 35.5. The van der Waals surface area contributed by atoms with E-state index in [0.717, 1.165) is 33.4 Å². The summed E-state index contributed by atoms with van der Waals surface area (Å²) in [5.41, 5.74) is 3.21. The van der Waals surface area contributed by atoms with Crippen LogP contribution in [0.3, 0.4) is 0 Å². The van der Waals surface area contributed by atoms with Crippen molar-refractivity contribution < 1.29 is 9.53 Å². The van der Waals surface area contributed by atoms with Gasteiger partial charge in [0.05, 0.1) is 17.7 Å². The maximum absolute atomic E-state index is 12.7. The number of carbonyl (C=O) groups is 1. The number of methoxy groups -OCH3 is 1. The van der Waals surface area contributed by atoms with E-state index in [9.17, 15) is 4.79 Å². The summed E-state index contributed by atoms with van der Waals surface area (Å²) < 4.78 is 5.21. The van der Waals surface area contributed by atoms with Gasteiger partial charge in [0.15, 0.2) is 5.78 Å². The molecule has 4 rings (SSSR count). The van der Waals surface area contributed by atoms with Crippen LogP contribution < -0.4 is 10.1 Å². The van der Waals surface area contributed by atoms with Gasteiger partial charge in [0, 0.05) is 22.0 Å². The number of halogens is 1. The second-order valence-electron chi connectivity index (χ2n) is 5.98. The smallest absolute Gasteiger partial charge is 0.171 e. The number of thioether (sulfide) groups is 1. The summed E-state index contributed by atoms with van der Waals surface area (Å²) in [7, 11) is 1.66. The zero-order chi connectivity index (χ0) is 16.7. The summed E-state index contributed by atoms with van der Waals surface area (Å²) in [5.74, 6) is 1.22. The lowest BCUT2D eigenvalue weighted by Crippen LogP contribution is -2.22. The third-order valence-electron chi connectivity index (χ3n) is 4.44. The SMILES string of the molecule is COc1ccc(C2CC(=O)C3=C(C2)Nc2ccc(Cl)cc2S3)cc1. The minimum atomic E-state index is 0.195. The van der Waals surface area contributed by atoms with Crippen molar-refractivity contribution in [1.82, 2.24) is 0 Å². The van der Waals surface area contributed by atoms with Crippen molar-refractivity contribution in [3.05, 3.63) is 63.7 Å². The van der Waals surface area contributed by atoms with Gasteiger partial charge in [-0.15, -0.1) is 0 Å². The molecule has 24 heavy (non-hydrogen) atoms. The number of fused-ring (bicyclic) bond motifs is 1. The van der Waals surface area contributed by atoms with Gasteiger partial charge in [-0.05, 0) is 48.2 Å². The zero-order valence-corrected chi connectivity index (χ0v) is 14.7. The van der Waals surface area contributed by atoms with Crippen molar-refractivity contribution >= 4 is 34.8 Å². The molecule has 5 heteroatoms. The Morgan fingerprint density at radius 3 is 2.71 bits per heavy atom. The number of ether oxygens (including phenoxy) is 1. The summed E-state index contributed by atoms with van der Waals surface area (Å²) in [6, 6.07) is 13.7. The van der Waals surface area contributed by atoms with Gasteiger partial charge in [0.1, 0.15) is 5.75 Å². The number of benzene rings is 2. The Morgan fingerprint density at radius 2 is 1.96 bits per heavy atom. The van der Waals surface area contributed by atoms with Gasteiger partial charge in [-0.25, -0.2) is 0 Å². The first-order chi connectivity index (χ1) is 11.6. The molecule has 0 aromatic heterocycles. The summed E-state index contributed by atoms with van der Waals surface area (Å²) >= 11 is 7.59. The van der Waals surface area contributed by atoms with E-state index >= 15 is 0 Å². The lowest BCUT2D eigenvalue weighted by Gasteiger charge is -2.31. The van der Waals surface area contributed by atoms with Gasteiger partial charge in [-0.1, -0.05) is 35.5 Å². The molecule has 3 nitrogen and oxygen atoms in total. The quantitative estimate of drug-likeness (QED) is 0.799. The normalized spacial score (nSPS) is 19.4. The molecule has 1 aliphatic heterocycles. The Bertz CT molecular complexity index is 845. The van der Waals surface area contributed by atoms with Crippen LogP contribution in [0, 0.1) is 0 Å². The van der Waals surface area contributed by atoms with E-state index in [1.165, 1.54) is 17.3 Å². The first-order valence-electron chi connectivity index (χ1n) is 7.79. The van der Waals surface area contributed by atoms with Crippen LogP contribution >= 0.6 is 23.4 Å². The predicted octanol–water partition coefficient (Wildman–Crippen LogP) is 5.22. The number of Topliss-reactive ketones (excluding diaryl/α,β-unsaturated/α-hetero) is 1. The van der Waals surface area contributed by atoms with E-state index in [1.54, 1.807) is 7.11 Å². The molecule has 2 aromatic rings. The number of carbonyl (C=O) groups excluding carboxylic acids is 1. The van der Waals surface area contributed by atoms with Crippen LogP contribution in [0.15, 0.2) is 58.0 Å². The molecular formula is C19H16ClNO2S. The van der Waals surface area contributed by atoms with Crippen LogP contribution in [-0.2, 0) is 4.79 Å². The molecule has 0 amide bonds. The minimum Gasteiger partial charge on any atom is -0.497 e. The number of rotatable bonds is 2. The van der Waals surface area contributed by atoms with Gasteiger partial charge in [0.25, 0.3) is 0 Å². The number of anilines is 1. The van der Waals surface area contributed by atoms with Gasteiger partial charge < -0.3 is 10.1 Å². The second-order valence-corrected chi connectivity index (χ2v) is 7.47. The molecule has 0 radical (unpaired) electrons. The molecule has 0 fully saturated rings. The van der Waals surface area contributed by atoms with E-state index in [-0.39, 0.29) is 11.7 Å². The number of allylic oxidation sites excluding steroid dienone is 2. The van der Waals surface area contributed by atoms with E-state index in [4.69, 9.17) is 16.3 Å². The molecule has 1 aliphatic carbocycles. The van der Waals surface area contributed by atoms with Gasteiger partial charge in [-0.2, -0.15) is 0 Å². The molecule has 0 saturated carbocycles. The number of hydrogen-bond acceptors (Lipinski definition) is 4. The average Bonchev–Trinajstić information content (AvgIpc) is 2.60. The fourth-order valence-electron chi connectivity index (χ4n) is 3.19. The van der Waals surface area contributed by atoms with E-state index in [0.29, 0.717) is 11.4 Å². The monoisotopic (exact) mass is 357 g/mol. The van der Waals surface area contributed by atoms with Crippen LogP contribution in [0.2, 0.25) is 5.02 Å². The standard InChI is InChI=1S/C19H16ClNO2S/c1-23-14-5-2-11(3-6-14)12-8-16-19(17(22)9-12)24-18-10-13(20)4-7-15(18)21-16/h2-7,10,12,21H,8-9H2,1H3. The third kappa shape index (κ3) is 2.80. The lowest BCUT2D eigenvalue weighted by atomic mass is 9.85. The van der Waals surface area contributed by atoms with Crippen molar-refractivity contribution in [2.24, 2.45) is 0 Å². The molecule has 0 saturated heterocycles. The predicted molar refractivity (Wildman–Crippen MR) is 97.9 cm³/mol. The Kier molecular flexibility index (Phi) is 4.02. The summed E-state index contributed by atoms with van der Waals surface area (Å²) in [5, 5.41) is 4.12. The van der Waals surface area contributed by atoms with Crippen LogP contribution in [-0.4, -0.2) is 12.9 Å². The molecule has 1 unspecified atom stereocenters. The van der Waals surface area contributed by atoms with Gasteiger partial charge in [-0.3, -0.25) is 4.79 Å². The molecule has 1 heterocycles. The van der Waals surface area contributed by atoms with E-state index in [1.807, 2.05) is 42.5 Å². The zero-order valence-electron chi connectivity index (χ0n) is 13.1. The van der Waals surface area contributed by atoms with Crippen molar-refractivity contribution in [2.45, 2.75) is 23.7 Å². The van der Waals surface area contributed by atoms with Crippen molar-refractivity contribution in [2.75, 3.05) is 12.4 Å². The van der Waals surface area contributed by atoms with Crippen LogP contribution in [0.25, 0.3) is 0 Å². The summed E-state index contributed by atoms with van der Waals surface area (Å²) in [4.78, 5) is 14.5. The number of nitrogens with one attached hydrogen (secondary N) is 1. The van der Waals surface area contributed by atoms with Crippen molar-refractivity contribution in [1.29, 1.82) is 0 Å². The van der Waals surface area contributed by atoms with Crippen molar-refractivity contribution in [3.63, 3.8) is 0 Å². The van der Waals surface area contributed by atoms with Crippen LogP contribution in [0.1, 0.15) is 24.3 Å². The number of ketones is 1. The Morgan fingerprint density at radius 1 is 1.17 bits per heavy atom. The fraction of sp³-hybridized carbons (Fsp3) is 0.211. The maximum atomic E-state index is 12.7. The van der Waals surface area contributed by atoms with E-state index in [2.05, 4.69) is 5.32 Å². The average molecular weight is 358 g/mol. The third-order valence-corrected chi connectivity index (χ3v) is 5.91. The minimum absolute atomic E-state index is 0.195. The van der Waals surface area contributed by atoms with Gasteiger partial charge >= 0.3 is 0 Å². The maximum Gasteiger partial charge on any atom is 0.171 e. The molecule has 122 valence electrons. The largest absolute Gasteiger partial charge is 0.497 e. The molecule has 2 aliphatic rings. The molecule has 1 atom stereocenters.